The van der Waals surface area contributed by atoms with Gasteiger partial charge in [0.25, 0.3) is 10.0 Å². The maximum atomic E-state index is 12.4. The van der Waals surface area contributed by atoms with Crippen molar-refractivity contribution < 1.29 is 8.42 Å². The first-order valence-corrected chi connectivity index (χ1v) is 8.77. The van der Waals surface area contributed by atoms with Crippen LogP contribution in [0.2, 0.25) is 5.02 Å². The second-order valence-electron chi connectivity index (χ2n) is 3.91. The fourth-order valence-electron chi connectivity index (χ4n) is 1.52. The van der Waals surface area contributed by atoms with Gasteiger partial charge < -0.3 is 5.73 Å². The van der Waals surface area contributed by atoms with Crippen LogP contribution in [0.4, 0.5) is 11.4 Å². The molecule has 0 heterocycles. The summed E-state index contributed by atoms with van der Waals surface area (Å²) < 4.78 is 28.5. The molecule has 0 aliphatic rings. The van der Waals surface area contributed by atoms with Crippen molar-refractivity contribution in [2.45, 2.75) is 4.90 Å². The highest BCUT2D eigenvalue weighted by atomic mass is 79.9. The molecule has 20 heavy (non-hydrogen) atoms. The third-order valence-corrected chi connectivity index (χ3v) is 5.28. The molecule has 0 bridgehead atoms. The lowest BCUT2D eigenvalue weighted by molar-refractivity contribution is 0.601. The van der Waals surface area contributed by atoms with Gasteiger partial charge in [-0.3, -0.25) is 4.72 Å². The fraction of sp³-hybridized carbons (Fsp3) is 0. The topological polar surface area (TPSA) is 72.2 Å². The Hall–Kier alpha value is -0.760. The van der Waals surface area contributed by atoms with Crippen LogP contribution in [0.25, 0.3) is 0 Å². The average Bonchev–Trinajstić information content (AvgIpc) is 2.36. The zero-order valence-electron chi connectivity index (χ0n) is 9.90. The molecule has 0 fully saturated rings. The minimum Gasteiger partial charge on any atom is -0.398 e. The number of hydrogen-bond donors (Lipinski definition) is 2. The van der Waals surface area contributed by atoms with Crippen LogP contribution in [0.15, 0.2) is 50.2 Å². The Kier molecular flexibility index (Phi) is 4.63. The molecule has 0 saturated carbocycles. The molecule has 0 amide bonds. The number of halogens is 3. The summed E-state index contributed by atoms with van der Waals surface area (Å²) >= 11 is 12.4. The van der Waals surface area contributed by atoms with E-state index in [0.717, 1.165) is 4.47 Å². The summed E-state index contributed by atoms with van der Waals surface area (Å²) in [5.41, 5.74) is 6.23. The highest BCUT2D eigenvalue weighted by Gasteiger charge is 2.19. The van der Waals surface area contributed by atoms with Gasteiger partial charge in [0.1, 0.15) is 4.90 Å². The Morgan fingerprint density at radius 3 is 2.50 bits per heavy atom. The van der Waals surface area contributed by atoms with Gasteiger partial charge in [-0.2, -0.15) is 0 Å². The van der Waals surface area contributed by atoms with E-state index in [1.54, 1.807) is 18.2 Å². The summed E-state index contributed by atoms with van der Waals surface area (Å²) in [6.45, 7) is 0. The van der Waals surface area contributed by atoms with Crippen LogP contribution in [0.5, 0.6) is 0 Å². The van der Waals surface area contributed by atoms with Crippen molar-refractivity contribution in [3.05, 3.63) is 50.4 Å². The molecule has 0 aromatic heterocycles. The first-order valence-electron chi connectivity index (χ1n) is 5.32. The largest absolute Gasteiger partial charge is 0.398 e. The number of sulfonamides is 1. The van der Waals surface area contributed by atoms with E-state index in [1.165, 1.54) is 18.2 Å². The minimum absolute atomic E-state index is 0.0584. The smallest absolute Gasteiger partial charge is 0.264 e. The van der Waals surface area contributed by atoms with Crippen molar-refractivity contribution in [1.82, 2.24) is 0 Å². The van der Waals surface area contributed by atoms with Gasteiger partial charge in [0.05, 0.1) is 11.4 Å². The number of benzene rings is 2. The van der Waals surface area contributed by atoms with Gasteiger partial charge in [0.15, 0.2) is 0 Å². The normalized spacial score (nSPS) is 11.3. The third-order valence-electron chi connectivity index (χ3n) is 2.44. The van der Waals surface area contributed by atoms with Crippen LogP contribution in [0.3, 0.4) is 0 Å². The van der Waals surface area contributed by atoms with Gasteiger partial charge in [-0.1, -0.05) is 27.5 Å². The molecule has 106 valence electrons. The second-order valence-corrected chi connectivity index (χ2v) is 7.77. The highest BCUT2D eigenvalue weighted by molar-refractivity contribution is 9.11. The van der Waals surface area contributed by atoms with Gasteiger partial charge in [0, 0.05) is 14.0 Å². The van der Waals surface area contributed by atoms with Crippen molar-refractivity contribution in [3.63, 3.8) is 0 Å². The molecule has 0 aliphatic heterocycles. The molecule has 3 N–H and O–H groups in total. The summed E-state index contributed by atoms with van der Waals surface area (Å²) in [7, 11) is -3.82. The van der Waals surface area contributed by atoms with E-state index in [9.17, 15) is 8.42 Å². The number of nitrogen functional groups attached to an aromatic ring is 1. The van der Waals surface area contributed by atoms with E-state index in [2.05, 4.69) is 36.6 Å². The lowest BCUT2D eigenvalue weighted by atomic mass is 10.3. The molecule has 2 aromatic rings. The van der Waals surface area contributed by atoms with Gasteiger partial charge in [0.2, 0.25) is 0 Å². The first-order chi connectivity index (χ1) is 9.29. The first kappa shape index (κ1) is 15.6. The van der Waals surface area contributed by atoms with Crippen LogP contribution in [0, 0.1) is 0 Å². The zero-order valence-corrected chi connectivity index (χ0v) is 14.6. The predicted molar refractivity (Wildman–Crippen MR) is 88.5 cm³/mol. The summed E-state index contributed by atoms with van der Waals surface area (Å²) in [5.74, 6) is 0. The van der Waals surface area contributed by atoms with Crippen LogP contribution in [0.1, 0.15) is 0 Å². The van der Waals surface area contributed by atoms with E-state index >= 15 is 0 Å². The van der Waals surface area contributed by atoms with E-state index in [1.807, 2.05) is 0 Å². The lowest BCUT2D eigenvalue weighted by Crippen LogP contribution is -2.15. The maximum absolute atomic E-state index is 12.4. The summed E-state index contributed by atoms with van der Waals surface area (Å²) in [4.78, 5) is -0.0584. The van der Waals surface area contributed by atoms with Gasteiger partial charge in [-0.15, -0.1) is 0 Å². The summed E-state index contributed by atoms with van der Waals surface area (Å²) in [6.07, 6.45) is 0. The number of rotatable bonds is 3. The predicted octanol–water partition coefficient (Wildman–Crippen LogP) is 4.25. The molecule has 0 radical (unpaired) electrons. The number of hydrogen-bond acceptors (Lipinski definition) is 3. The molecule has 0 aliphatic carbocycles. The summed E-state index contributed by atoms with van der Waals surface area (Å²) in [6, 6.07) is 9.45. The second kappa shape index (κ2) is 5.93. The zero-order chi connectivity index (χ0) is 14.9. The monoisotopic (exact) mass is 438 g/mol. The van der Waals surface area contributed by atoms with Crippen molar-refractivity contribution in [1.29, 1.82) is 0 Å². The maximum Gasteiger partial charge on any atom is 0.264 e. The number of nitrogens with one attached hydrogen (secondary N) is 1. The summed E-state index contributed by atoms with van der Waals surface area (Å²) in [5, 5.41) is 0.299. The van der Waals surface area contributed by atoms with Crippen LogP contribution >= 0.6 is 43.5 Å². The molecule has 2 rings (SSSR count). The Morgan fingerprint density at radius 1 is 1.10 bits per heavy atom. The Balaban J connectivity index is 2.46. The van der Waals surface area contributed by atoms with Gasteiger partial charge >= 0.3 is 0 Å². The molecule has 8 heteroatoms. The molecule has 0 saturated heterocycles. The molecular weight excluding hydrogens is 431 g/mol. The van der Waals surface area contributed by atoms with E-state index in [0.29, 0.717) is 15.2 Å². The number of anilines is 2. The molecular formula is C12H9Br2ClN2O2S. The Bertz CT molecular complexity index is 766. The van der Waals surface area contributed by atoms with Crippen LogP contribution in [-0.2, 0) is 10.0 Å². The van der Waals surface area contributed by atoms with Crippen LogP contribution in [-0.4, -0.2) is 8.42 Å². The molecule has 0 atom stereocenters. The molecule has 0 unspecified atom stereocenters. The van der Waals surface area contributed by atoms with E-state index in [4.69, 9.17) is 17.3 Å². The van der Waals surface area contributed by atoms with Crippen LogP contribution < -0.4 is 10.5 Å². The van der Waals surface area contributed by atoms with Gasteiger partial charge in [-0.05, 0) is 52.3 Å². The minimum atomic E-state index is -3.82. The SMILES string of the molecule is Nc1ccc(Cl)cc1S(=O)(=O)Nc1cc(Br)ccc1Br. The van der Waals surface area contributed by atoms with Crippen molar-refractivity contribution in [2.24, 2.45) is 0 Å². The Labute approximate surface area is 138 Å². The molecule has 4 nitrogen and oxygen atoms in total. The Morgan fingerprint density at radius 2 is 1.80 bits per heavy atom. The molecule has 0 spiro atoms. The van der Waals surface area contributed by atoms with Crippen molar-refractivity contribution in [3.8, 4) is 0 Å². The number of nitrogens with two attached hydrogens (primary N) is 1. The van der Waals surface area contributed by atoms with E-state index < -0.39 is 10.0 Å². The van der Waals surface area contributed by atoms with Crippen molar-refractivity contribution >= 4 is 64.9 Å². The standard InChI is InChI=1S/C12H9Br2ClN2O2S/c13-7-1-3-9(14)11(5-7)17-20(18,19)12-6-8(15)2-4-10(12)16/h1-6,17H,16H2. The highest BCUT2D eigenvalue weighted by Crippen LogP contribution is 2.30. The third kappa shape index (κ3) is 3.46. The van der Waals surface area contributed by atoms with Gasteiger partial charge in [-0.25, -0.2) is 8.42 Å². The van der Waals surface area contributed by atoms with E-state index in [-0.39, 0.29) is 10.6 Å². The fourth-order valence-corrected chi connectivity index (χ4v) is 3.82. The van der Waals surface area contributed by atoms with Crippen molar-refractivity contribution in [2.75, 3.05) is 10.5 Å². The quantitative estimate of drug-likeness (QED) is 0.701. The average molecular weight is 441 g/mol. The lowest BCUT2D eigenvalue weighted by Gasteiger charge is -2.12. The molecule has 2 aromatic carbocycles.